The second-order valence-corrected chi connectivity index (χ2v) is 4.73. The van der Waals surface area contributed by atoms with Crippen LogP contribution in [0, 0.1) is 0 Å². The number of rotatable bonds is 5. The van der Waals surface area contributed by atoms with Gasteiger partial charge in [0.05, 0.1) is 5.56 Å². The number of anilines is 3. The summed E-state index contributed by atoms with van der Waals surface area (Å²) >= 11 is 0. The normalized spacial score (nSPS) is 13.8. The fourth-order valence-corrected chi connectivity index (χ4v) is 1.80. The lowest BCUT2D eigenvalue weighted by Gasteiger charge is -2.10. The second kappa shape index (κ2) is 5.16. The van der Waals surface area contributed by atoms with Crippen molar-refractivity contribution in [3.8, 4) is 0 Å². The number of aromatic nitrogens is 2. The minimum absolute atomic E-state index is 0.315. The number of hydrogen-bond donors (Lipinski definition) is 3. The van der Waals surface area contributed by atoms with Crippen LogP contribution in [0.15, 0.2) is 36.5 Å². The Hall–Kier alpha value is -2.63. The summed E-state index contributed by atoms with van der Waals surface area (Å²) in [5.41, 5.74) is 6.54. The van der Waals surface area contributed by atoms with Crippen LogP contribution in [0.2, 0.25) is 0 Å². The van der Waals surface area contributed by atoms with E-state index in [2.05, 4.69) is 20.6 Å². The van der Waals surface area contributed by atoms with E-state index in [9.17, 15) is 4.79 Å². The van der Waals surface area contributed by atoms with Crippen LogP contribution in [0.1, 0.15) is 23.2 Å². The first-order valence-corrected chi connectivity index (χ1v) is 6.48. The Morgan fingerprint density at radius 2 is 2.00 bits per heavy atom. The number of primary amides is 1. The number of para-hydroxylation sites is 1. The Kier molecular flexibility index (Phi) is 3.20. The molecule has 0 saturated heterocycles. The van der Waals surface area contributed by atoms with Crippen LogP contribution in [0.25, 0.3) is 0 Å². The van der Waals surface area contributed by atoms with E-state index in [0.717, 1.165) is 18.5 Å². The van der Waals surface area contributed by atoms with Crippen LogP contribution >= 0.6 is 0 Å². The van der Waals surface area contributed by atoms with Gasteiger partial charge in [0.1, 0.15) is 5.82 Å². The third kappa shape index (κ3) is 2.85. The van der Waals surface area contributed by atoms with Crippen molar-refractivity contribution >= 4 is 23.4 Å². The maximum atomic E-state index is 11.4. The highest BCUT2D eigenvalue weighted by Gasteiger charge is 2.24. The van der Waals surface area contributed by atoms with Crippen molar-refractivity contribution in [3.63, 3.8) is 0 Å². The Balaban J connectivity index is 1.86. The Morgan fingerprint density at radius 3 is 2.65 bits per heavy atom. The number of nitrogens with two attached hydrogens (primary N) is 1. The minimum Gasteiger partial charge on any atom is -0.367 e. The van der Waals surface area contributed by atoms with E-state index in [1.54, 1.807) is 0 Å². The minimum atomic E-state index is -0.528. The third-order valence-electron chi connectivity index (χ3n) is 3.00. The van der Waals surface area contributed by atoms with E-state index in [1.165, 1.54) is 6.20 Å². The summed E-state index contributed by atoms with van der Waals surface area (Å²) in [5.74, 6) is 0.400. The van der Waals surface area contributed by atoms with Crippen LogP contribution < -0.4 is 16.4 Å². The van der Waals surface area contributed by atoms with Gasteiger partial charge in [0.15, 0.2) is 0 Å². The quantitative estimate of drug-likeness (QED) is 0.770. The largest absolute Gasteiger partial charge is 0.367 e. The molecule has 1 aliphatic rings. The Labute approximate surface area is 116 Å². The van der Waals surface area contributed by atoms with Gasteiger partial charge in [-0.05, 0) is 25.0 Å². The molecular formula is C14H15N5O. The van der Waals surface area contributed by atoms with Gasteiger partial charge in [-0.3, -0.25) is 4.79 Å². The highest BCUT2D eigenvalue weighted by Crippen LogP contribution is 2.26. The van der Waals surface area contributed by atoms with Crippen LogP contribution in [-0.4, -0.2) is 21.9 Å². The molecule has 0 aliphatic heterocycles. The molecule has 1 saturated carbocycles. The molecule has 0 unspecified atom stereocenters. The fourth-order valence-electron chi connectivity index (χ4n) is 1.80. The lowest BCUT2D eigenvalue weighted by atomic mass is 10.3. The van der Waals surface area contributed by atoms with Gasteiger partial charge >= 0.3 is 0 Å². The number of nitrogens with zero attached hydrogens (tertiary/aromatic N) is 2. The van der Waals surface area contributed by atoms with Crippen molar-refractivity contribution < 1.29 is 4.79 Å². The van der Waals surface area contributed by atoms with E-state index in [-0.39, 0.29) is 0 Å². The molecule has 1 heterocycles. The first kappa shape index (κ1) is 12.4. The summed E-state index contributed by atoms with van der Waals surface area (Å²) < 4.78 is 0. The van der Waals surface area contributed by atoms with Gasteiger partial charge in [0.2, 0.25) is 5.95 Å². The smallest absolute Gasteiger partial charge is 0.254 e. The van der Waals surface area contributed by atoms with E-state index in [1.807, 2.05) is 30.3 Å². The molecule has 4 N–H and O–H groups in total. The second-order valence-electron chi connectivity index (χ2n) is 4.73. The molecule has 3 rings (SSSR count). The van der Waals surface area contributed by atoms with Gasteiger partial charge in [-0.2, -0.15) is 4.98 Å². The highest BCUT2D eigenvalue weighted by atomic mass is 16.1. The molecule has 6 heteroatoms. The highest BCUT2D eigenvalue weighted by molar-refractivity contribution is 5.97. The summed E-state index contributed by atoms with van der Waals surface area (Å²) in [6.45, 7) is 0. The Morgan fingerprint density at radius 1 is 1.25 bits per heavy atom. The summed E-state index contributed by atoms with van der Waals surface area (Å²) in [6, 6.07) is 9.99. The summed E-state index contributed by atoms with van der Waals surface area (Å²) in [5, 5.41) is 6.29. The Bertz CT molecular complexity index is 625. The van der Waals surface area contributed by atoms with Crippen molar-refractivity contribution in [2.45, 2.75) is 18.9 Å². The number of carbonyl (C=O) groups excluding carboxylic acids is 1. The molecule has 1 aliphatic carbocycles. The molecule has 0 spiro atoms. The van der Waals surface area contributed by atoms with Crippen LogP contribution in [-0.2, 0) is 0 Å². The van der Waals surface area contributed by atoms with Gasteiger partial charge in [0, 0.05) is 17.9 Å². The molecule has 0 radical (unpaired) electrons. The van der Waals surface area contributed by atoms with Crippen LogP contribution in [0.4, 0.5) is 17.5 Å². The molecule has 0 bridgehead atoms. The topological polar surface area (TPSA) is 92.9 Å². The van der Waals surface area contributed by atoms with Gasteiger partial charge in [-0.15, -0.1) is 0 Å². The molecule has 102 valence electrons. The molecule has 2 aromatic rings. The third-order valence-corrected chi connectivity index (χ3v) is 3.00. The van der Waals surface area contributed by atoms with Crippen molar-refractivity contribution in [3.05, 3.63) is 42.1 Å². The average Bonchev–Trinajstić information content (AvgIpc) is 3.24. The molecular weight excluding hydrogens is 254 g/mol. The number of benzene rings is 1. The number of amides is 1. The number of hydrogen-bond acceptors (Lipinski definition) is 5. The number of nitrogens with one attached hydrogen (secondary N) is 2. The first-order valence-electron chi connectivity index (χ1n) is 6.48. The van der Waals surface area contributed by atoms with Crippen LogP contribution in [0.3, 0.4) is 0 Å². The lowest BCUT2D eigenvalue weighted by molar-refractivity contribution is 0.100. The number of carbonyl (C=O) groups is 1. The predicted octanol–water partition coefficient (Wildman–Crippen LogP) is 1.89. The monoisotopic (exact) mass is 269 g/mol. The molecule has 20 heavy (non-hydrogen) atoms. The van der Waals surface area contributed by atoms with Crippen molar-refractivity contribution in [1.29, 1.82) is 0 Å². The van der Waals surface area contributed by atoms with Gasteiger partial charge in [0.25, 0.3) is 5.91 Å². The summed E-state index contributed by atoms with van der Waals surface area (Å²) in [4.78, 5) is 19.8. The van der Waals surface area contributed by atoms with E-state index < -0.39 is 5.91 Å². The van der Waals surface area contributed by atoms with Gasteiger partial charge < -0.3 is 16.4 Å². The zero-order valence-corrected chi connectivity index (χ0v) is 10.8. The van der Waals surface area contributed by atoms with Crippen molar-refractivity contribution in [2.24, 2.45) is 5.73 Å². The van der Waals surface area contributed by atoms with Crippen molar-refractivity contribution in [2.75, 3.05) is 10.6 Å². The van der Waals surface area contributed by atoms with Crippen molar-refractivity contribution in [1.82, 2.24) is 9.97 Å². The zero-order chi connectivity index (χ0) is 13.9. The fraction of sp³-hybridized carbons (Fsp3) is 0.214. The van der Waals surface area contributed by atoms with E-state index in [4.69, 9.17) is 5.73 Å². The lowest BCUT2D eigenvalue weighted by Crippen LogP contribution is -2.17. The molecule has 0 atom stereocenters. The maximum absolute atomic E-state index is 11.4. The SMILES string of the molecule is NC(=O)c1cnc(Nc2ccccc2)nc1NC1CC1. The first-order chi connectivity index (χ1) is 9.72. The molecule has 1 fully saturated rings. The summed E-state index contributed by atoms with van der Waals surface area (Å²) in [6.07, 6.45) is 3.62. The average molecular weight is 269 g/mol. The van der Waals surface area contributed by atoms with E-state index in [0.29, 0.717) is 23.4 Å². The molecule has 1 amide bonds. The zero-order valence-electron chi connectivity index (χ0n) is 10.8. The molecule has 1 aromatic heterocycles. The summed E-state index contributed by atoms with van der Waals surface area (Å²) in [7, 11) is 0. The molecule has 6 nitrogen and oxygen atoms in total. The van der Waals surface area contributed by atoms with Gasteiger partial charge in [-0.25, -0.2) is 4.98 Å². The maximum Gasteiger partial charge on any atom is 0.254 e. The van der Waals surface area contributed by atoms with E-state index >= 15 is 0 Å². The molecule has 1 aromatic carbocycles. The standard InChI is InChI=1S/C14H15N5O/c15-12(20)11-8-16-14(18-9-4-2-1-3-5-9)19-13(11)17-10-6-7-10/h1-5,8,10H,6-7H2,(H2,15,20)(H2,16,17,18,19). The predicted molar refractivity (Wildman–Crippen MR) is 76.9 cm³/mol. The van der Waals surface area contributed by atoms with Crippen LogP contribution in [0.5, 0.6) is 0 Å². The van der Waals surface area contributed by atoms with Gasteiger partial charge in [-0.1, -0.05) is 18.2 Å².